The molecule has 6 heteroatoms. The maximum Gasteiger partial charge on any atom is 0.356 e. The summed E-state index contributed by atoms with van der Waals surface area (Å²) < 4.78 is 2.68. The van der Waals surface area contributed by atoms with E-state index in [0.29, 0.717) is 5.92 Å². The molecule has 0 aliphatic carbocycles. The molecule has 1 saturated heterocycles. The van der Waals surface area contributed by atoms with Crippen molar-refractivity contribution in [3.8, 4) is 11.3 Å². The quantitative estimate of drug-likeness (QED) is 0.910. The Morgan fingerprint density at radius 1 is 1.36 bits per heavy atom. The van der Waals surface area contributed by atoms with Crippen LogP contribution in [0.1, 0.15) is 28.4 Å². The molecule has 22 heavy (non-hydrogen) atoms. The Balaban J connectivity index is 1.93. The molecule has 1 aliphatic rings. The number of benzene rings is 1. The number of carbonyl (C=O) groups is 1. The average Bonchev–Trinajstić information content (AvgIpc) is 3.05. The number of aromatic nitrogens is 2. The van der Waals surface area contributed by atoms with Crippen LogP contribution >= 0.6 is 15.9 Å². The molecule has 0 spiro atoms. The Morgan fingerprint density at radius 2 is 2.14 bits per heavy atom. The second-order valence-corrected chi connectivity index (χ2v) is 6.68. The summed E-state index contributed by atoms with van der Waals surface area (Å²) in [6.07, 6.45) is 1.17. The van der Waals surface area contributed by atoms with Crippen LogP contribution in [0.15, 0.2) is 28.7 Å². The zero-order chi connectivity index (χ0) is 15.9. The first-order valence-electron chi connectivity index (χ1n) is 7.21. The summed E-state index contributed by atoms with van der Waals surface area (Å²) in [6, 6.07) is 7.83. The van der Waals surface area contributed by atoms with Crippen LogP contribution in [0, 0.1) is 0 Å². The minimum atomic E-state index is -1.01. The van der Waals surface area contributed by atoms with Gasteiger partial charge in [-0.2, -0.15) is 5.10 Å². The van der Waals surface area contributed by atoms with Crippen molar-refractivity contribution < 1.29 is 9.90 Å². The molecule has 1 aromatic heterocycles. The summed E-state index contributed by atoms with van der Waals surface area (Å²) >= 11 is 3.67. The van der Waals surface area contributed by atoms with Gasteiger partial charge in [-0.25, -0.2) is 4.79 Å². The van der Waals surface area contributed by atoms with Crippen molar-refractivity contribution in [3.63, 3.8) is 0 Å². The Labute approximate surface area is 137 Å². The van der Waals surface area contributed by atoms with Gasteiger partial charge in [0.25, 0.3) is 0 Å². The predicted molar refractivity (Wildman–Crippen MR) is 88.2 cm³/mol. The van der Waals surface area contributed by atoms with Gasteiger partial charge in [0.05, 0.1) is 5.69 Å². The van der Waals surface area contributed by atoms with Gasteiger partial charge in [-0.3, -0.25) is 4.68 Å². The molecule has 2 heterocycles. The molecule has 0 saturated carbocycles. The number of aromatic carboxylic acids is 1. The van der Waals surface area contributed by atoms with Crippen molar-refractivity contribution in [1.29, 1.82) is 0 Å². The third kappa shape index (κ3) is 2.80. The highest BCUT2D eigenvalue weighted by molar-refractivity contribution is 9.10. The molecule has 1 unspecified atom stereocenters. The number of likely N-dealkylation sites (tertiary alicyclic amines) is 1. The molecule has 116 valence electrons. The van der Waals surface area contributed by atoms with Crippen LogP contribution in [0.3, 0.4) is 0 Å². The zero-order valence-corrected chi connectivity index (χ0v) is 14.2. The van der Waals surface area contributed by atoms with E-state index in [-0.39, 0.29) is 5.69 Å². The Kier molecular flexibility index (Phi) is 4.06. The summed E-state index contributed by atoms with van der Waals surface area (Å²) in [7, 11) is 3.90. The van der Waals surface area contributed by atoms with Crippen molar-refractivity contribution in [3.05, 3.63) is 40.0 Å². The molecule has 1 aliphatic heterocycles. The summed E-state index contributed by atoms with van der Waals surface area (Å²) in [6.45, 7) is 2.20. The number of rotatable bonds is 3. The molecule has 2 aromatic rings. The van der Waals surface area contributed by atoms with E-state index in [9.17, 15) is 4.79 Å². The highest BCUT2D eigenvalue weighted by Gasteiger charge is 2.23. The van der Waals surface area contributed by atoms with Crippen molar-refractivity contribution in [2.75, 3.05) is 20.1 Å². The van der Waals surface area contributed by atoms with E-state index >= 15 is 0 Å². The van der Waals surface area contributed by atoms with E-state index in [1.807, 2.05) is 6.07 Å². The van der Waals surface area contributed by atoms with E-state index in [2.05, 4.69) is 45.1 Å². The molecular formula is C16H18BrN3O2. The average molecular weight is 364 g/mol. The summed E-state index contributed by atoms with van der Waals surface area (Å²) in [5.41, 5.74) is 3.14. The molecule has 1 aromatic carbocycles. The fourth-order valence-corrected chi connectivity index (χ4v) is 3.75. The molecule has 0 bridgehead atoms. The lowest BCUT2D eigenvalue weighted by atomic mass is 9.96. The predicted octanol–water partition coefficient (Wildman–Crippen LogP) is 2.97. The molecular weight excluding hydrogens is 346 g/mol. The molecule has 0 amide bonds. The number of hydrogen-bond acceptors (Lipinski definition) is 3. The number of nitrogens with zero attached hydrogens (tertiary/aromatic N) is 3. The van der Waals surface area contributed by atoms with Gasteiger partial charge in [-0.05, 0) is 43.6 Å². The first-order chi connectivity index (χ1) is 10.5. The standard InChI is InChI=1S/C16H18BrN3O2/c1-19-6-5-11(9-19)12-4-3-10(7-13(12)17)15-8-14(16(21)22)18-20(15)2/h3-4,7-8,11H,5-6,9H2,1-2H3,(H,21,22). The van der Waals surface area contributed by atoms with Crippen LogP contribution in [0.5, 0.6) is 0 Å². The van der Waals surface area contributed by atoms with Crippen LogP contribution in [-0.2, 0) is 7.05 Å². The van der Waals surface area contributed by atoms with Gasteiger partial charge < -0.3 is 10.0 Å². The van der Waals surface area contributed by atoms with Crippen LogP contribution in [-0.4, -0.2) is 45.9 Å². The molecule has 1 N–H and O–H groups in total. The summed E-state index contributed by atoms with van der Waals surface area (Å²) in [4.78, 5) is 13.4. The van der Waals surface area contributed by atoms with Gasteiger partial charge in [-0.1, -0.05) is 28.1 Å². The van der Waals surface area contributed by atoms with Gasteiger partial charge in [0.15, 0.2) is 5.69 Å². The van der Waals surface area contributed by atoms with Gasteiger partial charge in [0.1, 0.15) is 0 Å². The van der Waals surface area contributed by atoms with Gasteiger partial charge in [-0.15, -0.1) is 0 Å². The van der Waals surface area contributed by atoms with Crippen LogP contribution < -0.4 is 0 Å². The lowest BCUT2D eigenvalue weighted by Gasteiger charge is -2.14. The van der Waals surface area contributed by atoms with E-state index in [4.69, 9.17) is 5.11 Å². The SMILES string of the molecule is CN1CCC(c2ccc(-c3cc(C(=O)O)nn3C)cc2Br)C1. The van der Waals surface area contributed by atoms with Gasteiger partial charge >= 0.3 is 5.97 Å². The first-order valence-corrected chi connectivity index (χ1v) is 8.00. The Hall–Kier alpha value is -1.66. The lowest BCUT2D eigenvalue weighted by molar-refractivity contribution is 0.0689. The molecule has 0 radical (unpaired) electrons. The monoisotopic (exact) mass is 363 g/mol. The Bertz CT molecular complexity index is 726. The highest BCUT2D eigenvalue weighted by Crippen LogP contribution is 2.34. The lowest BCUT2D eigenvalue weighted by Crippen LogP contribution is -2.13. The maximum absolute atomic E-state index is 11.0. The second kappa shape index (κ2) is 5.85. The normalized spacial score (nSPS) is 18.8. The highest BCUT2D eigenvalue weighted by atomic mass is 79.9. The minimum Gasteiger partial charge on any atom is -0.476 e. The van der Waals surface area contributed by atoms with E-state index in [0.717, 1.165) is 28.8 Å². The number of likely N-dealkylation sites (N-methyl/N-ethyl adjacent to an activating group) is 1. The molecule has 1 atom stereocenters. The van der Waals surface area contributed by atoms with Crippen molar-refractivity contribution in [2.45, 2.75) is 12.3 Å². The minimum absolute atomic E-state index is 0.0649. The number of halogens is 1. The number of carboxylic acids is 1. The summed E-state index contributed by atoms with van der Waals surface area (Å²) in [5.74, 6) is -0.457. The third-order valence-electron chi connectivity index (χ3n) is 4.23. The van der Waals surface area contributed by atoms with Crippen molar-refractivity contribution >= 4 is 21.9 Å². The molecule has 5 nitrogen and oxygen atoms in total. The number of hydrogen-bond donors (Lipinski definition) is 1. The van der Waals surface area contributed by atoms with Crippen LogP contribution in [0.2, 0.25) is 0 Å². The van der Waals surface area contributed by atoms with E-state index < -0.39 is 5.97 Å². The van der Waals surface area contributed by atoms with Gasteiger partial charge in [0.2, 0.25) is 0 Å². The van der Waals surface area contributed by atoms with E-state index in [1.54, 1.807) is 17.8 Å². The maximum atomic E-state index is 11.0. The second-order valence-electron chi connectivity index (χ2n) is 5.83. The van der Waals surface area contributed by atoms with Crippen LogP contribution in [0.25, 0.3) is 11.3 Å². The fraction of sp³-hybridized carbons (Fsp3) is 0.375. The van der Waals surface area contributed by atoms with Crippen molar-refractivity contribution in [2.24, 2.45) is 7.05 Å². The third-order valence-corrected chi connectivity index (χ3v) is 4.91. The van der Waals surface area contributed by atoms with E-state index in [1.165, 1.54) is 12.0 Å². The van der Waals surface area contributed by atoms with Crippen molar-refractivity contribution in [1.82, 2.24) is 14.7 Å². The summed E-state index contributed by atoms with van der Waals surface area (Å²) in [5, 5.41) is 13.1. The zero-order valence-electron chi connectivity index (χ0n) is 12.6. The van der Waals surface area contributed by atoms with Crippen LogP contribution in [0.4, 0.5) is 0 Å². The number of aryl methyl sites for hydroxylation is 1. The Morgan fingerprint density at radius 3 is 2.68 bits per heavy atom. The topological polar surface area (TPSA) is 58.4 Å². The largest absolute Gasteiger partial charge is 0.476 e. The fourth-order valence-electron chi connectivity index (χ4n) is 3.05. The number of carboxylic acid groups (broad SMARTS) is 1. The smallest absolute Gasteiger partial charge is 0.356 e. The molecule has 1 fully saturated rings. The van der Waals surface area contributed by atoms with Gasteiger partial charge in [0, 0.05) is 23.6 Å². The first kappa shape index (κ1) is 15.2. The molecule has 3 rings (SSSR count).